The number of methoxy groups -OCH3 is 3. The summed E-state index contributed by atoms with van der Waals surface area (Å²) in [6.45, 7) is 2.54. The second-order valence-corrected chi connectivity index (χ2v) is 7.88. The van der Waals surface area contributed by atoms with Gasteiger partial charge in [-0.2, -0.15) is 0 Å². The number of benzene rings is 2. The fraction of sp³-hybridized carbons (Fsp3) is 0.333. The molecular weight excluding hydrogens is 443 g/mol. The van der Waals surface area contributed by atoms with Gasteiger partial charge in [-0.05, 0) is 18.2 Å². The fourth-order valence-corrected chi connectivity index (χ4v) is 4.14. The van der Waals surface area contributed by atoms with Crippen molar-refractivity contribution in [3.05, 3.63) is 47.9 Å². The molecule has 1 saturated heterocycles. The van der Waals surface area contributed by atoms with E-state index in [9.17, 15) is 14.0 Å². The molecule has 0 radical (unpaired) electrons. The zero-order chi connectivity index (χ0) is 24.2. The number of piperazine rings is 1. The van der Waals surface area contributed by atoms with Crippen LogP contribution in [0, 0.1) is 5.82 Å². The number of rotatable bonds is 7. The number of ether oxygens (including phenoxy) is 3. The Morgan fingerprint density at radius 2 is 1.71 bits per heavy atom. The predicted molar refractivity (Wildman–Crippen MR) is 126 cm³/mol. The second kappa shape index (κ2) is 10.0. The Morgan fingerprint density at radius 1 is 1.03 bits per heavy atom. The molecule has 1 amide bonds. The summed E-state index contributed by atoms with van der Waals surface area (Å²) in [7, 11) is 4.30. The summed E-state index contributed by atoms with van der Waals surface area (Å²) in [6.07, 6.45) is 0. The summed E-state index contributed by atoms with van der Waals surface area (Å²) in [5.74, 6) is -0.193. The van der Waals surface area contributed by atoms with Crippen molar-refractivity contribution in [3.63, 3.8) is 0 Å². The number of hydrogen-bond acceptors (Lipinski definition) is 7. The van der Waals surface area contributed by atoms with Gasteiger partial charge < -0.3 is 29.4 Å². The van der Waals surface area contributed by atoms with Crippen LogP contribution in [-0.4, -0.2) is 75.8 Å². The van der Waals surface area contributed by atoms with E-state index in [1.54, 1.807) is 24.3 Å². The average Bonchev–Trinajstić information content (AvgIpc) is 3.20. The topological polar surface area (TPSA) is 96.1 Å². The molecule has 0 unspecified atom stereocenters. The largest absolute Gasteiger partial charge is 0.493 e. The molecule has 0 bridgehead atoms. The highest BCUT2D eigenvalue weighted by Gasteiger charge is 2.25. The molecule has 1 aromatic heterocycles. The van der Waals surface area contributed by atoms with Crippen LogP contribution in [0.3, 0.4) is 0 Å². The number of nitrogens with one attached hydrogen (secondary N) is 2. The lowest BCUT2D eigenvalue weighted by Crippen LogP contribution is -2.49. The van der Waals surface area contributed by atoms with E-state index in [0.717, 1.165) is 0 Å². The van der Waals surface area contributed by atoms with Crippen LogP contribution in [0.4, 0.5) is 15.8 Å². The van der Waals surface area contributed by atoms with Gasteiger partial charge in [-0.15, -0.1) is 0 Å². The van der Waals surface area contributed by atoms with E-state index < -0.39 is 5.97 Å². The predicted octanol–water partition coefficient (Wildman–Crippen LogP) is 2.87. The number of aromatic nitrogens is 1. The molecule has 0 aliphatic carbocycles. The van der Waals surface area contributed by atoms with Crippen molar-refractivity contribution in [2.75, 3.05) is 64.3 Å². The molecule has 2 N–H and O–H groups in total. The summed E-state index contributed by atoms with van der Waals surface area (Å²) in [5, 5.41) is 3.45. The zero-order valence-electron chi connectivity index (χ0n) is 19.3. The first-order valence-corrected chi connectivity index (χ1v) is 10.8. The van der Waals surface area contributed by atoms with Crippen LogP contribution in [0.15, 0.2) is 36.4 Å². The monoisotopic (exact) mass is 470 g/mol. The highest BCUT2D eigenvalue weighted by atomic mass is 19.1. The maximum absolute atomic E-state index is 14.1. The van der Waals surface area contributed by atoms with Crippen LogP contribution < -0.4 is 19.7 Å². The molecule has 10 heteroatoms. The number of fused-ring (bicyclic) bond motifs is 1. The summed E-state index contributed by atoms with van der Waals surface area (Å²) in [5.41, 5.74) is 1.60. The van der Waals surface area contributed by atoms with Crippen molar-refractivity contribution >= 4 is 34.2 Å². The number of para-hydroxylation sites is 1. The van der Waals surface area contributed by atoms with Crippen LogP contribution >= 0.6 is 0 Å². The van der Waals surface area contributed by atoms with Crippen LogP contribution in [-0.2, 0) is 9.53 Å². The fourth-order valence-electron chi connectivity index (χ4n) is 4.14. The van der Waals surface area contributed by atoms with Crippen molar-refractivity contribution in [2.24, 2.45) is 0 Å². The summed E-state index contributed by atoms with van der Waals surface area (Å²) in [6, 6.07) is 10.1. The number of halogens is 1. The molecule has 0 spiro atoms. The summed E-state index contributed by atoms with van der Waals surface area (Å²) >= 11 is 0. The minimum atomic E-state index is -0.608. The smallest absolute Gasteiger partial charge is 0.356 e. The molecule has 0 saturated carbocycles. The van der Waals surface area contributed by atoms with Crippen LogP contribution in [0.5, 0.6) is 11.5 Å². The molecule has 1 aliphatic rings. The lowest BCUT2D eigenvalue weighted by atomic mass is 10.2. The van der Waals surface area contributed by atoms with Crippen LogP contribution in [0.1, 0.15) is 10.5 Å². The number of anilines is 2. The number of amides is 1. The number of carbonyl (C=O) groups excluding carboxylic acids is 2. The van der Waals surface area contributed by atoms with E-state index in [0.29, 0.717) is 60.0 Å². The number of hydrogen-bond donors (Lipinski definition) is 2. The molecule has 4 rings (SSSR count). The number of carbonyl (C=O) groups is 2. The van der Waals surface area contributed by atoms with Gasteiger partial charge >= 0.3 is 5.97 Å². The van der Waals surface area contributed by atoms with Gasteiger partial charge in [0.1, 0.15) is 11.5 Å². The molecular formula is C24H27FN4O5. The van der Waals surface area contributed by atoms with Gasteiger partial charge in [0.05, 0.1) is 44.8 Å². The van der Waals surface area contributed by atoms with E-state index in [1.807, 2.05) is 15.9 Å². The Hall–Kier alpha value is -3.79. The van der Waals surface area contributed by atoms with E-state index >= 15 is 0 Å². The Bertz CT molecular complexity index is 1200. The summed E-state index contributed by atoms with van der Waals surface area (Å²) in [4.78, 5) is 32.2. The maximum atomic E-state index is 14.1. The molecule has 2 aromatic carbocycles. The SMILES string of the molecule is COC(=O)c1[nH]c2cc(OC)c(OC)cc2c1NC(=O)CN1CCN(c2ccccc2F)CC1. The Labute approximate surface area is 196 Å². The minimum absolute atomic E-state index is 0.130. The Kier molecular flexibility index (Phi) is 6.87. The molecule has 34 heavy (non-hydrogen) atoms. The van der Waals surface area contributed by atoms with E-state index in [-0.39, 0.29) is 24.0 Å². The number of nitrogens with zero attached hydrogens (tertiary/aromatic N) is 2. The maximum Gasteiger partial charge on any atom is 0.356 e. The van der Waals surface area contributed by atoms with Gasteiger partial charge in [0.2, 0.25) is 5.91 Å². The van der Waals surface area contributed by atoms with E-state index in [4.69, 9.17) is 14.2 Å². The molecule has 0 atom stereocenters. The molecule has 9 nitrogen and oxygen atoms in total. The Balaban J connectivity index is 1.49. The number of aromatic amines is 1. The van der Waals surface area contributed by atoms with Gasteiger partial charge in [0.25, 0.3) is 0 Å². The van der Waals surface area contributed by atoms with Gasteiger partial charge in [0.15, 0.2) is 11.5 Å². The van der Waals surface area contributed by atoms with E-state index in [1.165, 1.54) is 27.4 Å². The normalized spacial score (nSPS) is 14.2. The van der Waals surface area contributed by atoms with Gasteiger partial charge in [-0.3, -0.25) is 9.69 Å². The van der Waals surface area contributed by atoms with Crippen molar-refractivity contribution in [1.29, 1.82) is 0 Å². The first-order chi connectivity index (χ1) is 16.4. The molecule has 3 aromatic rings. The van der Waals surface area contributed by atoms with Gasteiger partial charge in [-0.25, -0.2) is 9.18 Å². The zero-order valence-corrected chi connectivity index (χ0v) is 19.3. The lowest BCUT2D eigenvalue weighted by Gasteiger charge is -2.35. The van der Waals surface area contributed by atoms with Crippen LogP contribution in [0.25, 0.3) is 10.9 Å². The van der Waals surface area contributed by atoms with Crippen LogP contribution in [0.2, 0.25) is 0 Å². The summed E-state index contributed by atoms with van der Waals surface area (Å²) < 4.78 is 29.7. The quantitative estimate of drug-likeness (QED) is 0.513. The van der Waals surface area contributed by atoms with Crippen molar-refractivity contribution in [3.8, 4) is 11.5 Å². The van der Waals surface area contributed by atoms with Gasteiger partial charge in [-0.1, -0.05) is 12.1 Å². The van der Waals surface area contributed by atoms with Gasteiger partial charge in [0, 0.05) is 37.6 Å². The lowest BCUT2D eigenvalue weighted by molar-refractivity contribution is -0.117. The third-order valence-corrected chi connectivity index (χ3v) is 5.89. The first-order valence-electron chi connectivity index (χ1n) is 10.8. The molecule has 1 aliphatic heterocycles. The molecule has 180 valence electrons. The second-order valence-electron chi connectivity index (χ2n) is 7.88. The highest BCUT2D eigenvalue weighted by Crippen LogP contribution is 2.37. The third kappa shape index (κ3) is 4.62. The standard InChI is InChI=1S/C24H27FN4O5/c1-32-19-12-15-17(13-20(19)33-2)26-23(24(31)34-3)22(15)27-21(30)14-28-8-10-29(11-9-28)18-7-5-4-6-16(18)25/h4-7,12-13,26H,8-11,14H2,1-3H3,(H,27,30). The van der Waals surface area contributed by atoms with Crippen molar-refractivity contribution < 1.29 is 28.2 Å². The molecule has 2 heterocycles. The average molecular weight is 471 g/mol. The Morgan fingerprint density at radius 3 is 2.35 bits per heavy atom. The van der Waals surface area contributed by atoms with Crippen molar-refractivity contribution in [2.45, 2.75) is 0 Å². The highest BCUT2D eigenvalue weighted by molar-refractivity contribution is 6.11. The number of esters is 1. The van der Waals surface area contributed by atoms with Crippen molar-refractivity contribution in [1.82, 2.24) is 9.88 Å². The number of H-pyrrole nitrogens is 1. The first kappa shape index (κ1) is 23.4. The minimum Gasteiger partial charge on any atom is -0.493 e. The molecule has 1 fully saturated rings. The van der Waals surface area contributed by atoms with E-state index in [2.05, 4.69) is 10.3 Å². The third-order valence-electron chi connectivity index (χ3n) is 5.89.